The van der Waals surface area contributed by atoms with Gasteiger partial charge in [-0.3, -0.25) is 43.5 Å². The van der Waals surface area contributed by atoms with Gasteiger partial charge < -0.3 is 14.5 Å². The molecule has 1 aliphatic carbocycles. The molecule has 13 heteroatoms. The van der Waals surface area contributed by atoms with E-state index in [0.717, 1.165) is 82.9 Å². The fourth-order valence-corrected chi connectivity index (χ4v) is 9.92. The summed E-state index contributed by atoms with van der Waals surface area (Å²) in [6.07, 6.45) is 5.40. The van der Waals surface area contributed by atoms with Crippen molar-refractivity contribution in [2.75, 3.05) is 26.7 Å². The van der Waals surface area contributed by atoms with Gasteiger partial charge in [0.2, 0.25) is 5.91 Å². The second-order valence-electron chi connectivity index (χ2n) is 16.8. The van der Waals surface area contributed by atoms with Gasteiger partial charge in [0, 0.05) is 69.9 Å². The standard InChI is InChI=1S/C45H46N6O7/c1-26-17-35(7-3-29(26)21-46)58-34-8-5-33(6-9-34)50-25-32-18-28(4-10-36(32)42(50)54)41(53)49-15-13-27(14-16-49)22-48-23-30-19-37-38(20-31(30)24-48)44(56)51(43(37)55)39-11-12-40(52)47(2)45(39)57/h3-4,7,10,17-20,27,33-34,39H,5-6,8-9,11-16,22-25H2,1-2H3. The van der Waals surface area contributed by atoms with E-state index in [2.05, 4.69) is 11.0 Å². The highest BCUT2D eigenvalue weighted by Gasteiger charge is 2.47. The van der Waals surface area contributed by atoms with Gasteiger partial charge in [-0.05, 0) is 129 Å². The molecule has 1 atom stereocenters. The van der Waals surface area contributed by atoms with E-state index in [0.29, 0.717) is 66.5 Å². The van der Waals surface area contributed by atoms with Crippen molar-refractivity contribution in [1.29, 1.82) is 5.26 Å². The molecule has 3 fully saturated rings. The van der Waals surface area contributed by atoms with Crippen LogP contribution in [0.3, 0.4) is 0 Å². The SMILES string of the molecule is Cc1cc(OC2CCC(N3Cc4cc(C(=O)N5CCC(CN6Cc7cc8c(cc7C6)C(=O)N(C6CCC(=O)N(C)C6=O)C8=O)CC5)ccc4C3=O)CC2)ccc1C#N. The van der Waals surface area contributed by atoms with Crippen molar-refractivity contribution < 1.29 is 33.5 Å². The van der Waals surface area contributed by atoms with Gasteiger partial charge in [-0.1, -0.05) is 0 Å². The van der Waals surface area contributed by atoms with Crippen molar-refractivity contribution in [1.82, 2.24) is 24.5 Å². The van der Waals surface area contributed by atoms with Gasteiger partial charge >= 0.3 is 0 Å². The number of aryl methyl sites for hydroxylation is 1. The summed E-state index contributed by atoms with van der Waals surface area (Å²) in [6, 6.07) is 16.0. The van der Waals surface area contributed by atoms with E-state index in [9.17, 15) is 34.0 Å². The van der Waals surface area contributed by atoms with E-state index in [1.807, 2.05) is 41.0 Å². The van der Waals surface area contributed by atoms with Crippen LogP contribution < -0.4 is 4.74 Å². The maximum absolute atomic E-state index is 13.7. The summed E-state index contributed by atoms with van der Waals surface area (Å²) in [5.41, 5.74) is 6.37. The predicted molar refractivity (Wildman–Crippen MR) is 209 cm³/mol. The number of nitrogens with zero attached hydrogens (tertiary/aromatic N) is 6. The van der Waals surface area contributed by atoms with E-state index in [4.69, 9.17) is 4.74 Å². The van der Waals surface area contributed by atoms with Crippen LogP contribution in [-0.2, 0) is 29.2 Å². The molecule has 9 rings (SSSR count). The minimum absolute atomic E-state index is 0.0116. The fourth-order valence-electron chi connectivity index (χ4n) is 9.92. The Morgan fingerprint density at radius 2 is 1.47 bits per heavy atom. The molecule has 1 saturated carbocycles. The zero-order valence-electron chi connectivity index (χ0n) is 32.9. The summed E-state index contributed by atoms with van der Waals surface area (Å²) in [5, 5.41) is 9.22. The van der Waals surface area contributed by atoms with Gasteiger partial charge in [0.05, 0.1) is 28.9 Å². The van der Waals surface area contributed by atoms with Crippen molar-refractivity contribution in [3.63, 3.8) is 0 Å². The molecular weight excluding hydrogens is 737 g/mol. The van der Waals surface area contributed by atoms with Crippen LogP contribution >= 0.6 is 0 Å². The molecule has 6 amide bonds. The van der Waals surface area contributed by atoms with Crippen LogP contribution in [-0.4, -0.2) is 105 Å². The Kier molecular flexibility index (Phi) is 9.63. The van der Waals surface area contributed by atoms with Gasteiger partial charge in [-0.2, -0.15) is 5.26 Å². The number of ether oxygens (including phenoxy) is 1. The third-order valence-corrected chi connectivity index (χ3v) is 13.3. The Balaban J connectivity index is 0.755. The Morgan fingerprint density at radius 1 is 0.776 bits per heavy atom. The van der Waals surface area contributed by atoms with Crippen LogP contribution in [0, 0.1) is 24.2 Å². The summed E-state index contributed by atoms with van der Waals surface area (Å²) in [5.74, 6) is -0.623. The lowest BCUT2D eigenvalue weighted by atomic mass is 9.92. The number of benzene rings is 3. The summed E-state index contributed by atoms with van der Waals surface area (Å²) < 4.78 is 6.24. The number of likely N-dealkylation sites (N-methyl/N-ethyl adjacent to an activating group) is 1. The summed E-state index contributed by atoms with van der Waals surface area (Å²) in [6.45, 7) is 5.85. The van der Waals surface area contributed by atoms with E-state index in [1.54, 1.807) is 24.3 Å². The molecule has 0 N–H and O–H groups in total. The topological polar surface area (TPSA) is 152 Å². The van der Waals surface area contributed by atoms with E-state index >= 15 is 0 Å². The van der Waals surface area contributed by atoms with Crippen LogP contribution in [0.4, 0.5) is 0 Å². The minimum Gasteiger partial charge on any atom is -0.490 e. The quantitative estimate of drug-likeness (QED) is 0.307. The average molecular weight is 783 g/mol. The first kappa shape index (κ1) is 37.7. The number of fused-ring (bicyclic) bond motifs is 3. The maximum Gasteiger partial charge on any atom is 0.262 e. The molecule has 3 aromatic rings. The largest absolute Gasteiger partial charge is 0.490 e. The van der Waals surface area contributed by atoms with Gasteiger partial charge in [-0.25, -0.2) is 0 Å². The van der Waals surface area contributed by atoms with Crippen molar-refractivity contribution in [2.24, 2.45) is 5.92 Å². The van der Waals surface area contributed by atoms with Crippen LogP contribution in [0.25, 0.3) is 0 Å². The van der Waals surface area contributed by atoms with Crippen LogP contribution in [0.15, 0.2) is 48.5 Å². The van der Waals surface area contributed by atoms with E-state index < -0.39 is 23.8 Å². The molecular formula is C45H46N6O7. The number of rotatable bonds is 7. The lowest BCUT2D eigenvalue weighted by molar-refractivity contribution is -0.149. The molecule has 0 bridgehead atoms. The zero-order chi connectivity index (χ0) is 40.4. The maximum atomic E-state index is 13.7. The van der Waals surface area contributed by atoms with Crippen molar-refractivity contribution in [3.05, 3.63) is 98.6 Å². The Labute approximate surface area is 337 Å². The van der Waals surface area contributed by atoms with Gasteiger partial charge in [0.25, 0.3) is 29.5 Å². The number of imide groups is 2. The third kappa shape index (κ3) is 6.63. The number of carbonyl (C=O) groups is 6. The lowest BCUT2D eigenvalue weighted by Gasteiger charge is -2.34. The summed E-state index contributed by atoms with van der Waals surface area (Å²) >= 11 is 0. The van der Waals surface area contributed by atoms with Crippen LogP contribution in [0.5, 0.6) is 5.75 Å². The Hall–Kier alpha value is -5.87. The number of carbonyl (C=O) groups excluding carboxylic acids is 6. The predicted octanol–water partition coefficient (Wildman–Crippen LogP) is 4.82. The molecule has 5 heterocycles. The van der Waals surface area contributed by atoms with Crippen molar-refractivity contribution in [3.8, 4) is 11.8 Å². The molecule has 2 saturated heterocycles. The summed E-state index contributed by atoms with van der Waals surface area (Å²) in [4.78, 5) is 87.1. The first-order valence-corrected chi connectivity index (χ1v) is 20.4. The second kappa shape index (κ2) is 14.8. The summed E-state index contributed by atoms with van der Waals surface area (Å²) in [7, 11) is 1.39. The highest BCUT2D eigenvalue weighted by molar-refractivity contribution is 6.23. The number of amides is 6. The number of nitriles is 1. The van der Waals surface area contributed by atoms with Crippen molar-refractivity contribution in [2.45, 2.75) is 96.1 Å². The zero-order valence-corrected chi connectivity index (χ0v) is 32.9. The van der Waals surface area contributed by atoms with Gasteiger partial charge in [0.1, 0.15) is 11.8 Å². The van der Waals surface area contributed by atoms with Gasteiger partial charge in [-0.15, -0.1) is 0 Å². The highest BCUT2D eigenvalue weighted by atomic mass is 16.5. The molecule has 13 nitrogen and oxygen atoms in total. The monoisotopic (exact) mass is 782 g/mol. The minimum atomic E-state index is -0.966. The number of hydrogen-bond acceptors (Lipinski definition) is 9. The number of piperidine rings is 2. The molecule has 298 valence electrons. The van der Waals surface area contributed by atoms with Gasteiger partial charge in [0.15, 0.2) is 0 Å². The number of likely N-dealkylation sites (tertiary alicyclic amines) is 2. The highest BCUT2D eigenvalue weighted by Crippen LogP contribution is 2.36. The van der Waals surface area contributed by atoms with Crippen LogP contribution in [0.1, 0.15) is 121 Å². The Morgan fingerprint density at radius 3 is 2.12 bits per heavy atom. The molecule has 3 aromatic carbocycles. The number of hydrogen-bond donors (Lipinski definition) is 0. The molecule has 0 aromatic heterocycles. The normalized spacial score (nSPS) is 23.7. The van der Waals surface area contributed by atoms with Crippen LogP contribution in [0.2, 0.25) is 0 Å². The third-order valence-electron chi connectivity index (χ3n) is 13.3. The average Bonchev–Trinajstić information content (AvgIpc) is 3.86. The molecule has 0 radical (unpaired) electrons. The first-order chi connectivity index (χ1) is 28.0. The second-order valence-corrected chi connectivity index (χ2v) is 16.8. The molecule has 1 unspecified atom stereocenters. The van der Waals surface area contributed by atoms with E-state index in [-0.39, 0.29) is 42.7 Å². The first-order valence-electron chi connectivity index (χ1n) is 20.4. The molecule has 5 aliphatic heterocycles. The fraction of sp³-hybridized carbons (Fsp3) is 0.444. The lowest BCUT2D eigenvalue weighted by Crippen LogP contribution is -2.54. The molecule has 6 aliphatic rings. The van der Waals surface area contributed by atoms with E-state index in [1.165, 1.54) is 7.05 Å². The Bertz CT molecular complexity index is 2270. The van der Waals surface area contributed by atoms with Crippen molar-refractivity contribution >= 4 is 35.4 Å². The smallest absolute Gasteiger partial charge is 0.262 e. The molecule has 58 heavy (non-hydrogen) atoms. The molecule has 0 spiro atoms.